The van der Waals surface area contributed by atoms with Crippen LogP contribution in [-0.2, 0) is 11.3 Å². The van der Waals surface area contributed by atoms with Crippen LogP contribution in [0.2, 0.25) is 0 Å². The summed E-state index contributed by atoms with van der Waals surface area (Å²) in [6, 6.07) is 10.8. The zero-order chi connectivity index (χ0) is 17.1. The van der Waals surface area contributed by atoms with Gasteiger partial charge in [-0.25, -0.2) is 13.8 Å². The Kier molecular flexibility index (Phi) is 4.82. The van der Waals surface area contributed by atoms with Crippen LogP contribution < -0.4 is 5.32 Å². The fourth-order valence-electron chi connectivity index (χ4n) is 2.30. The summed E-state index contributed by atoms with van der Waals surface area (Å²) >= 11 is 1.57. The van der Waals surface area contributed by atoms with Crippen molar-refractivity contribution in [1.82, 2.24) is 9.88 Å². The van der Waals surface area contributed by atoms with Gasteiger partial charge in [-0.05, 0) is 31.3 Å². The predicted molar refractivity (Wildman–Crippen MR) is 90.9 cm³/mol. The first-order valence-corrected chi connectivity index (χ1v) is 8.11. The van der Waals surface area contributed by atoms with Gasteiger partial charge in [0, 0.05) is 6.07 Å². The van der Waals surface area contributed by atoms with E-state index >= 15 is 0 Å². The molecule has 0 atom stereocenters. The average molecular weight is 347 g/mol. The second-order valence-corrected chi connectivity index (χ2v) is 6.54. The smallest absolute Gasteiger partial charge is 0.238 e. The van der Waals surface area contributed by atoms with Gasteiger partial charge in [0.1, 0.15) is 16.6 Å². The number of nitrogens with zero attached hydrogens (tertiary/aromatic N) is 2. The van der Waals surface area contributed by atoms with Crippen LogP contribution in [-0.4, -0.2) is 29.4 Å². The maximum atomic E-state index is 13.5. The van der Waals surface area contributed by atoms with E-state index in [2.05, 4.69) is 10.3 Å². The lowest BCUT2D eigenvalue weighted by Gasteiger charge is -2.15. The third-order valence-electron chi connectivity index (χ3n) is 3.36. The lowest BCUT2D eigenvalue weighted by molar-refractivity contribution is -0.117. The van der Waals surface area contributed by atoms with Crippen LogP contribution in [0, 0.1) is 11.6 Å². The molecule has 3 rings (SSSR count). The topological polar surface area (TPSA) is 45.2 Å². The minimum absolute atomic E-state index is 0.0475. The number of likely N-dealkylation sites (N-methyl/N-ethyl adjacent to an activating group) is 1. The van der Waals surface area contributed by atoms with Crippen molar-refractivity contribution in [2.24, 2.45) is 0 Å². The number of nitrogens with one attached hydrogen (secondary N) is 1. The van der Waals surface area contributed by atoms with Gasteiger partial charge in [0.2, 0.25) is 5.91 Å². The minimum Gasteiger partial charge on any atom is -0.322 e. The molecule has 0 radical (unpaired) electrons. The molecule has 0 aliphatic heterocycles. The molecule has 0 saturated heterocycles. The van der Waals surface area contributed by atoms with Gasteiger partial charge in [-0.15, -0.1) is 11.3 Å². The summed E-state index contributed by atoms with van der Waals surface area (Å²) in [5, 5.41) is 3.27. The number of anilines is 1. The summed E-state index contributed by atoms with van der Waals surface area (Å²) in [7, 11) is 1.77. The summed E-state index contributed by atoms with van der Waals surface area (Å²) < 4.78 is 27.7. The molecule has 1 aromatic heterocycles. The highest BCUT2D eigenvalue weighted by Crippen LogP contribution is 2.22. The summed E-state index contributed by atoms with van der Waals surface area (Å²) in [5.41, 5.74) is 0.769. The van der Waals surface area contributed by atoms with Crippen LogP contribution in [0.1, 0.15) is 5.01 Å². The molecule has 1 amide bonds. The van der Waals surface area contributed by atoms with Gasteiger partial charge in [-0.1, -0.05) is 12.1 Å². The molecule has 1 heterocycles. The van der Waals surface area contributed by atoms with Gasteiger partial charge in [0.15, 0.2) is 0 Å². The maximum absolute atomic E-state index is 13.5. The van der Waals surface area contributed by atoms with Gasteiger partial charge in [-0.2, -0.15) is 0 Å². The number of aromatic nitrogens is 1. The molecular weight excluding hydrogens is 332 g/mol. The molecule has 0 fully saturated rings. The minimum atomic E-state index is -0.668. The zero-order valence-corrected chi connectivity index (χ0v) is 13.7. The molecule has 0 aliphatic carbocycles. The number of rotatable bonds is 5. The molecule has 0 unspecified atom stereocenters. The van der Waals surface area contributed by atoms with E-state index in [9.17, 15) is 13.6 Å². The van der Waals surface area contributed by atoms with Crippen LogP contribution in [0.5, 0.6) is 0 Å². The van der Waals surface area contributed by atoms with E-state index in [1.54, 1.807) is 23.3 Å². The van der Waals surface area contributed by atoms with Crippen molar-refractivity contribution < 1.29 is 13.6 Å². The van der Waals surface area contributed by atoms with E-state index < -0.39 is 17.5 Å². The first kappa shape index (κ1) is 16.5. The third kappa shape index (κ3) is 3.93. The first-order chi connectivity index (χ1) is 11.5. The van der Waals surface area contributed by atoms with Crippen molar-refractivity contribution in [3.8, 4) is 0 Å². The van der Waals surface area contributed by atoms with Gasteiger partial charge in [0.05, 0.1) is 29.0 Å². The Balaban J connectivity index is 1.60. The van der Waals surface area contributed by atoms with Gasteiger partial charge < -0.3 is 5.32 Å². The Labute approximate surface area is 141 Å². The largest absolute Gasteiger partial charge is 0.322 e. The fourth-order valence-corrected chi connectivity index (χ4v) is 3.35. The summed E-state index contributed by atoms with van der Waals surface area (Å²) in [4.78, 5) is 18.3. The molecule has 24 heavy (non-hydrogen) atoms. The number of hydrogen-bond donors (Lipinski definition) is 1. The monoisotopic (exact) mass is 347 g/mol. The highest BCUT2D eigenvalue weighted by molar-refractivity contribution is 7.18. The summed E-state index contributed by atoms with van der Waals surface area (Å²) in [5.74, 6) is -1.68. The van der Waals surface area contributed by atoms with Crippen molar-refractivity contribution in [2.75, 3.05) is 18.9 Å². The van der Waals surface area contributed by atoms with E-state index in [1.165, 1.54) is 0 Å². The van der Waals surface area contributed by atoms with E-state index in [4.69, 9.17) is 0 Å². The van der Waals surface area contributed by atoms with Crippen molar-refractivity contribution in [3.63, 3.8) is 0 Å². The molecular formula is C17H15F2N3OS. The second kappa shape index (κ2) is 7.02. The first-order valence-electron chi connectivity index (χ1n) is 7.29. The Morgan fingerprint density at radius 3 is 2.83 bits per heavy atom. The van der Waals surface area contributed by atoms with Crippen LogP contribution in [0.3, 0.4) is 0 Å². The van der Waals surface area contributed by atoms with E-state index in [0.717, 1.165) is 33.4 Å². The number of hydrogen-bond acceptors (Lipinski definition) is 4. The van der Waals surface area contributed by atoms with E-state index in [0.29, 0.717) is 6.54 Å². The summed E-state index contributed by atoms with van der Waals surface area (Å²) in [6.07, 6.45) is 0. The van der Waals surface area contributed by atoms with Crippen molar-refractivity contribution >= 4 is 33.1 Å². The van der Waals surface area contributed by atoms with Crippen LogP contribution in [0.25, 0.3) is 10.2 Å². The lowest BCUT2D eigenvalue weighted by atomic mass is 10.3. The van der Waals surface area contributed by atoms with Crippen LogP contribution >= 0.6 is 11.3 Å². The summed E-state index contributed by atoms with van der Waals surface area (Å²) in [6.45, 7) is 0.546. The molecule has 0 spiro atoms. The second-order valence-electron chi connectivity index (χ2n) is 5.42. The van der Waals surface area contributed by atoms with E-state index in [-0.39, 0.29) is 12.2 Å². The van der Waals surface area contributed by atoms with Crippen LogP contribution in [0.4, 0.5) is 14.5 Å². The van der Waals surface area contributed by atoms with Gasteiger partial charge in [0.25, 0.3) is 0 Å². The fraction of sp³-hybridized carbons (Fsp3) is 0.176. The Morgan fingerprint density at radius 1 is 1.25 bits per heavy atom. The molecule has 124 valence electrons. The number of thiazole rings is 1. The molecule has 0 saturated carbocycles. The number of benzene rings is 2. The Bertz CT molecular complexity index is 848. The molecule has 0 bridgehead atoms. The Morgan fingerprint density at radius 2 is 2.04 bits per heavy atom. The normalized spacial score (nSPS) is 11.2. The number of carbonyl (C=O) groups excluding carboxylic acids is 1. The lowest BCUT2D eigenvalue weighted by Crippen LogP contribution is -2.30. The quantitative estimate of drug-likeness (QED) is 0.766. The highest BCUT2D eigenvalue weighted by Gasteiger charge is 2.12. The molecule has 7 heteroatoms. The molecule has 3 aromatic rings. The number of fused-ring (bicyclic) bond motifs is 1. The maximum Gasteiger partial charge on any atom is 0.238 e. The standard InChI is InChI=1S/C17H15F2N3OS/c1-22(10-17-21-13-4-2-3-5-15(13)24-17)9-16(23)20-14-8-11(18)6-7-12(14)19/h2-8H,9-10H2,1H3,(H,20,23). The number of para-hydroxylation sites is 1. The van der Waals surface area contributed by atoms with Gasteiger partial charge in [-0.3, -0.25) is 9.69 Å². The highest BCUT2D eigenvalue weighted by atomic mass is 32.1. The van der Waals surface area contributed by atoms with Crippen molar-refractivity contribution in [2.45, 2.75) is 6.54 Å². The van der Waals surface area contributed by atoms with E-state index in [1.807, 2.05) is 24.3 Å². The average Bonchev–Trinajstić information content (AvgIpc) is 2.92. The number of amides is 1. The SMILES string of the molecule is CN(CC(=O)Nc1cc(F)ccc1F)Cc1nc2ccccc2s1. The predicted octanol–water partition coefficient (Wildman–Crippen LogP) is 3.65. The van der Waals surface area contributed by atoms with Crippen molar-refractivity contribution in [3.05, 3.63) is 59.1 Å². The molecule has 0 aliphatic rings. The zero-order valence-electron chi connectivity index (χ0n) is 12.9. The molecule has 2 aromatic carbocycles. The number of carbonyl (C=O) groups is 1. The Hall–Kier alpha value is -2.38. The molecule has 1 N–H and O–H groups in total. The van der Waals surface area contributed by atoms with Crippen LogP contribution in [0.15, 0.2) is 42.5 Å². The third-order valence-corrected chi connectivity index (χ3v) is 4.38. The van der Waals surface area contributed by atoms with Gasteiger partial charge >= 0.3 is 0 Å². The molecule has 4 nitrogen and oxygen atoms in total. The van der Waals surface area contributed by atoms with Crippen molar-refractivity contribution in [1.29, 1.82) is 0 Å². The number of halogens is 2.